The number of hydrogen-bond acceptors (Lipinski definition) is 5. The van der Waals surface area contributed by atoms with Crippen LogP contribution in [0, 0.1) is 19.8 Å². The van der Waals surface area contributed by atoms with Gasteiger partial charge in [-0.2, -0.15) is 0 Å². The molecule has 1 fully saturated rings. The Bertz CT molecular complexity index is 757. The lowest BCUT2D eigenvalue weighted by Crippen LogP contribution is -2.30. The first-order chi connectivity index (χ1) is 13.0. The smallest absolute Gasteiger partial charge is 0.227 e. The number of anilines is 2. The lowest BCUT2D eigenvalue weighted by Gasteiger charge is -2.28. The summed E-state index contributed by atoms with van der Waals surface area (Å²) in [6.45, 7) is 4.37. The van der Waals surface area contributed by atoms with Gasteiger partial charge in [-0.3, -0.25) is 4.79 Å². The average Bonchev–Trinajstić information content (AvgIpc) is 2.98. The van der Waals surface area contributed by atoms with Gasteiger partial charge in [-0.25, -0.2) is 0 Å². The van der Waals surface area contributed by atoms with Crippen molar-refractivity contribution in [2.45, 2.75) is 52.2 Å². The molecule has 146 valence electrons. The number of rotatable bonds is 6. The highest BCUT2D eigenvalue weighted by Crippen LogP contribution is 2.30. The molecule has 0 atom stereocenters. The van der Waals surface area contributed by atoms with Gasteiger partial charge in [-0.05, 0) is 51.7 Å². The molecule has 0 aliphatic heterocycles. The van der Waals surface area contributed by atoms with Crippen LogP contribution < -0.4 is 10.2 Å². The zero-order chi connectivity index (χ0) is 19.4. The molecular formula is C21H29N3O3. The van der Waals surface area contributed by atoms with Crippen molar-refractivity contribution in [3.8, 4) is 0 Å². The number of carbonyl (C=O) groups is 1. The van der Waals surface area contributed by atoms with Gasteiger partial charge in [0, 0.05) is 25.6 Å². The SMILES string of the molecule is Cc1noc(C)c1COC1CCC(C(=O)Nc2ccccc2N(C)C)CC1. The van der Waals surface area contributed by atoms with Crippen LogP contribution in [0.15, 0.2) is 28.8 Å². The Morgan fingerprint density at radius 3 is 2.56 bits per heavy atom. The summed E-state index contributed by atoms with van der Waals surface area (Å²) in [6.07, 6.45) is 3.69. The number of aryl methyl sites for hydroxylation is 2. The normalized spacial score (nSPS) is 19.7. The molecule has 6 heteroatoms. The molecule has 6 nitrogen and oxygen atoms in total. The molecule has 1 N–H and O–H groups in total. The Labute approximate surface area is 160 Å². The summed E-state index contributed by atoms with van der Waals surface area (Å²) >= 11 is 0. The quantitative estimate of drug-likeness (QED) is 0.829. The van der Waals surface area contributed by atoms with E-state index in [1.807, 2.05) is 57.1 Å². The molecule has 1 aromatic carbocycles. The van der Waals surface area contributed by atoms with Crippen molar-refractivity contribution in [1.82, 2.24) is 5.16 Å². The van der Waals surface area contributed by atoms with Gasteiger partial charge in [-0.15, -0.1) is 0 Å². The fourth-order valence-electron chi connectivity index (χ4n) is 3.60. The Hall–Kier alpha value is -2.34. The second kappa shape index (κ2) is 8.57. The monoisotopic (exact) mass is 371 g/mol. The minimum absolute atomic E-state index is 0.0409. The molecule has 3 rings (SSSR count). The zero-order valence-electron chi connectivity index (χ0n) is 16.6. The number of carbonyl (C=O) groups excluding carboxylic acids is 1. The maximum atomic E-state index is 12.7. The summed E-state index contributed by atoms with van der Waals surface area (Å²) in [5, 5.41) is 7.07. The van der Waals surface area contributed by atoms with Crippen molar-refractivity contribution in [2.24, 2.45) is 5.92 Å². The van der Waals surface area contributed by atoms with Crippen LogP contribution >= 0.6 is 0 Å². The maximum absolute atomic E-state index is 12.7. The van der Waals surface area contributed by atoms with E-state index in [4.69, 9.17) is 9.26 Å². The van der Waals surface area contributed by atoms with E-state index in [-0.39, 0.29) is 17.9 Å². The van der Waals surface area contributed by atoms with E-state index in [9.17, 15) is 4.79 Å². The predicted octanol–water partition coefficient (Wildman–Crippen LogP) is 4.07. The number of amides is 1. The number of nitrogens with zero attached hydrogens (tertiary/aromatic N) is 2. The molecule has 27 heavy (non-hydrogen) atoms. The van der Waals surface area contributed by atoms with Crippen molar-refractivity contribution in [3.05, 3.63) is 41.3 Å². The Balaban J connectivity index is 1.50. The lowest BCUT2D eigenvalue weighted by atomic mass is 9.86. The summed E-state index contributed by atoms with van der Waals surface area (Å²) in [5.74, 6) is 0.965. The first-order valence-electron chi connectivity index (χ1n) is 9.56. The number of nitrogens with one attached hydrogen (secondary N) is 1. The molecule has 0 saturated heterocycles. The fourth-order valence-corrected chi connectivity index (χ4v) is 3.60. The van der Waals surface area contributed by atoms with Crippen LogP contribution in [-0.4, -0.2) is 31.3 Å². The Kier molecular flexibility index (Phi) is 6.16. The fraction of sp³-hybridized carbons (Fsp3) is 0.524. The second-order valence-electron chi connectivity index (χ2n) is 7.49. The van der Waals surface area contributed by atoms with Gasteiger partial charge in [0.25, 0.3) is 0 Å². The molecule has 1 amide bonds. The number of hydrogen-bond donors (Lipinski definition) is 1. The summed E-state index contributed by atoms with van der Waals surface area (Å²) < 4.78 is 11.2. The van der Waals surface area contributed by atoms with Crippen LogP contribution in [0.4, 0.5) is 11.4 Å². The summed E-state index contributed by atoms with van der Waals surface area (Å²) in [6, 6.07) is 7.88. The highest BCUT2D eigenvalue weighted by molar-refractivity contribution is 5.95. The van der Waals surface area contributed by atoms with E-state index in [1.165, 1.54) is 0 Å². The molecule has 1 aliphatic rings. The summed E-state index contributed by atoms with van der Waals surface area (Å²) in [4.78, 5) is 14.7. The standard InChI is InChI=1S/C21H29N3O3/c1-14-18(15(2)27-23-14)13-26-17-11-9-16(10-12-17)21(25)22-19-7-5-6-8-20(19)24(3)4/h5-8,16-17H,9-13H2,1-4H3,(H,22,25). The van der Waals surface area contributed by atoms with Crippen molar-refractivity contribution in [1.29, 1.82) is 0 Å². The van der Waals surface area contributed by atoms with Crippen LogP contribution in [0.3, 0.4) is 0 Å². The van der Waals surface area contributed by atoms with Gasteiger partial charge >= 0.3 is 0 Å². The number of aromatic nitrogens is 1. The molecular weight excluding hydrogens is 342 g/mol. The van der Waals surface area contributed by atoms with Gasteiger partial charge in [-0.1, -0.05) is 17.3 Å². The molecule has 0 bridgehead atoms. The maximum Gasteiger partial charge on any atom is 0.227 e. The molecule has 0 spiro atoms. The van der Waals surface area contributed by atoms with Crippen molar-refractivity contribution >= 4 is 17.3 Å². The minimum Gasteiger partial charge on any atom is -0.376 e. The Morgan fingerprint density at radius 2 is 1.93 bits per heavy atom. The topological polar surface area (TPSA) is 67.6 Å². The number of ether oxygens (including phenoxy) is 1. The molecule has 1 heterocycles. The molecule has 1 aromatic heterocycles. The van der Waals surface area contributed by atoms with Crippen molar-refractivity contribution in [3.63, 3.8) is 0 Å². The lowest BCUT2D eigenvalue weighted by molar-refractivity contribution is -0.121. The average molecular weight is 371 g/mol. The van der Waals surface area contributed by atoms with Gasteiger partial charge in [0.1, 0.15) is 5.76 Å². The van der Waals surface area contributed by atoms with Gasteiger partial charge in [0.2, 0.25) is 5.91 Å². The third-order valence-electron chi connectivity index (χ3n) is 5.33. The van der Waals surface area contributed by atoms with E-state index >= 15 is 0 Å². The third kappa shape index (κ3) is 4.69. The largest absolute Gasteiger partial charge is 0.376 e. The molecule has 2 aromatic rings. The van der Waals surface area contributed by atoms with Crippen molar-refractivity contribution < 1.29 is 14.1 Å². The van der Waals surface area contributed by atoms with E-state index in [0.717, 1.165) is 54.1 Å². The molecule has 0 unspecified atom stereocenters. The van der Waals surface area contributed by atoms with Gasteiger partial charge in [0.15, 0.2) is 0 Å². The van der Waals surface area contributed by atoms with E-state index < -0.39 is 0 Å². The van der Waals surface area contributed by atoms with Crippen LogP contribution in [0.1, 0.15) is 42.7 Å². The molecule has 1 saturated carbocycles. The van der Waals surface area contributed by atoms with Crippen LogP contribution in [0.5, 0.6) is 0 Å². The minimum atomic E-state index is 0.0409. The van der Waals surface area contributed by atoms with Gasteiger partial charge in [0.05, 0.1) is 29.8 Å². The highest BCUT2D eigenvalue weighted by Gasteiger charge is 2.27. The molecule has 0 radical (unpaired) electrons. The zero-order valence-corrected chi connectivity index (χ0v) is 16.6. The first kappa shape index (κ1) is 19.4. The van der Waals surface area contributed by atoms with E-state index in [1.54, 1.807) is 0 Å². The Morgan fingerprint density at radius 1 is 1.22 bits per heavy atom. The van der Waals surface area contributed by atoms with Crippen LogP contribution in [0.25, 0.3) is 0 Å². The highest BCUT2D eigenvalue weighted by atomic mass is 16.5. The first-order valence-corrected chi connectivity index (χ1v) is 9.56. The van der Waals surface area contributed by atoms with Crippen molar-refractivity contribution in [2.75, 3.05) is 24.3 Å². The van der Waals surface area contributed by atoms with E-state index in [2.05, 4.69) is 10.5 Å². The second-order valence-corrected chi connectivity index (χ2v) is 7.49. The predicted molar refractivity (Wildman–Crippen MR) is 106 cm³/mol. The number of para-hydroxylation sites is 2. The third-order valence-corrected chi connectivity index (χ3v) is 5.33. The van der Waals surface area contributed by atoms with E-state index in [0.29, 0.717) is 6.61 Å². The van der Waals surface area contributed by atoms with Crippen LogP contribution in [-0.2, 0) is 16.1 Å². The van der Waals surface area contributed by atoms with Crippen LogP contribution in [0.2, 0.25) is 0 Å². The summed E-state index contributed by atoms with van der Waals surface area (Å²) in [7, 11) is 3.96. The number of benzene rings is 1. The summed E-state index contributed by atoms with van der Waals surface area (Å²) in [5.41, 5.74) is 3.81. The molecule has 1 aliphatic carbocycles. The van der Waals surface area contributed by atoms with Gasteiger partial charge < -0.3 is 19.5 Å².